The summed E-state index contributed by atoms with van der Waals surface area (Å²) in [4.78, 5) is 12.6. The molecule has 9 heteroatoms. The van der Waals surface area contributed by atoms with Gasteiger partial charge in [0.1, 0.15) is 4.88 Å². The number of nitrogens with zero attached hydrogens (tertiary/aromatic N) is 5. The van der Waals surface area contributed by atoms with E-state index in [1.807, 2.05) is 6.92 Å². The molecule has 2 aromatic heterocycles. The lowest BCUT2D eigenvalue weighted by molar-refractivity contribution is 0.0941. The average molecular weight is 267 g/mol. The van der Waals surface area contributed by atoms with Crippen molar-refractivity contribution in [1.29, 1.82) is 0 Å². The van der Waals surface area contributed by atoms with Crippen LogP contribution in [0.5, 0.6) is 0 Å². The monoisotopic (exact) mass is 267 g/mol. The van der Waals surface area contributed by atoms with Crippen LogP contribution >= 0.6 is 11.5 Å². The summed E-state index contributed by atoms with van der Waals surface area (Å²) >= 11 is 1.10. The number of nitrogens with one attached hydrogen (secondary N) is 2. The van der Waals surface area contributed by atoms with Crippen LogP contribution in [-0.2, 0) is 6.42 Å². The Morgan fingerprint density at radius 3 is 3.00 bits per heavy atom. The molecule has 2 aromatic rings. The molecule has 2 N–H and O–H groups in total. The van der Waals surface area contributed by atoms with Crippen LogP contribution < -0.4 is 5.32 Å². The highest BCUT2D eigenvalue weighted by molar-refractivity contribution is 7.08. The number of carbonyl (C=O) groups is 1. The zero-order chi connectivity index (χ0) is 13.0. The molecule has 18 heavy (non-hydrogen) atoms. The number of amides is 1. The Morgan fingerprint density at radius 1 is 1.50 bits per heavy atom. The number of hydrogen-bond donors (Lipinski definition) is 2. The van der Waals surface area contributed by atoms with E-state index in [1.165, 1.54) is 0 Å². The molecule has 0 radical (unpaired) electrons. The zero-order valence-corrected chi connectivity index (χ0v) is 10.9. The molecule has 0 aliphatic heterocycles. The summed E-state index contributed by atoms with van der Waals surface area (Å²) in [5, 5.41) is 20.2. The Balaban J connectivity index is 2.05. The molecule has 0 aliphatic rings. The van der Waals surface area contributed by atoms with Gasteiger partial charge in [0, 0.05) is 0 Å². The van der Waals surface area contributed by atoms with Gasteiger partial charge in [-0.2, -0.15) is 5.21 Å². The van der Waals surface area contributed by atoms with Crippen LogP contribution in [0.1, 0.15) is 47.5 Å². The lowest BCUT2D eigenvalue weighted by atomic mass is 10.2. The maximum Gasteiger partial charge on any atom is 0.265 e. The van der Waals surface area contributed by atoms with E-state index in [4.69, 9.17) is 0 Å². The number of aryl methyl sites for hydroxylation is 1. The summed E-state index contributed by atoms with van der Waals surface area (Å²) in [7, 11) is 0. The first kappa shape index (κ1) is 12.6. The van der Waals surface area contributed by atoms with E-state index in [-0.39, 0.29) is 11.9 Å². The number of tetrazole rings is 1. The van der Waals surface area contributed by atoms with Gasteiger partial charge in [0.05, 0.1) is 11.7 Å². The Morgan fingerprint density at radius 2 is 2.33 bits per heavy atom. The van der Waals surface area contributed by atoms with Crippen molar-refractivity contribution in [3.63, 3.8) is 0 Å². The van der Waals surface area contributed by atoms with Crippen molar-refractivity contribution in [1.82, 2.24) is 35.5 Å². The van der Waals surface area contributed by atoms with Gasteiger partial charge in [-0.15, -0.1) is 15.3 Å². The molecular weight excluding hydrogens is 254 g/mol. The molecular formula is C9H13N7OS. The summed E-state index contributed by atoms with van der Waals surface area (Å²) < 4.78 is 3.81. The molecule has 0 fully saturated rings. The van der Waals surface area contributed by atoms with Gasteiger partial charge in [0.2, 0.25) is 0 Å². The van der Waals surface area contributed by atoms with Crippen molar-refractivity contribution in [3.8, 4) is 0 Å². The normalized spacial score (nSPS) is 12.3. The highest BCUT2D eigenvalue weighted by Gasteiger charge is 2.19. The lowest BCUT2D eigenvalue weighted by Gasteiger charge is -2.08. The first-order valence-corrected chi connectivity index (χ1v) is 6.35. The summed E-state index contributed by atoms with van der Waals surface area (Å²) in [6.45, 7) is 3.82. The fraction of sp³-hybridized carbons (Fsp3) is 0.556. The van der Waals surface area contributed by atoms with E-state index in [0.29, 0.717) is 10.7 Å². The predicted octanol–water partition coefficient (Wildman–Crippen LogP) is 0.495. The van der Waals surface area contributed by atoms with Crippen LogP contribution in [0, 0.1) is 0 Å². The van der Waals surface area contributed by atoms with Crippen molar-refractivity contribution in [2.24, 2.45) is 0 Å². The summed E-state index contributed by atoms with van der Waals surface area (Å²) in [6, 6.07) is -0.312. The van der Waals surface area contributed by atoms with Crippen LogP contribution in [0.4, 0.5) is 0 Å². The quantitative estimate of drug-likeness (QED) is 0.816. The third-order valence-corrected chi connectivity index (χ3v) is 3.11. The van der Waals surface area contributed by atoms with Crippen LogP contribution in [0.25, 0.3) is 0 Å². The SMILES string of the molecule is CCCc1nnsc1C(=O)NC(C)c1nn[nH]n1. The van der Waals surface area contributed by atoms with E-state index in [9.17, 15) is 4.79 Å². The Kier molecular flexibility index (Phi) is 3.92. The minimum atomic E-state index is -0.312. The number of hydrogen-bond acceptors (Lipinski definition) is 7. The average Bonchev–Trinajstić information content (AvgIpc) is 3.00. The van der Waals surface area contributed by atoms with Gasteiger partial charge in [-0.1, -0.05) is 23.0 Å². The van der Waals surface area contributed by atoms with Crippen LogP contribution in [-0.4, -0.2) is 36.1 Å². The van der Waals surface area contributed by atoms with E-state index in [1.54, 1.807) is 6.92 Å². The zero-order valence-electron chi connectivity index (χ0n) is 10.0. The van der Waals surface area contributed by atoms with E-state index >= 15 is 0 Å². The highest BCUT2D eigenvalue weighted by atomic mass is 32.1. The van der Waals surface area contributed by atoms with Gasteiger partial charge in [-0.05, 0) is 24.9 Å². The molecule has 0 bridgehead atoms. The number of carbonyl (C=O) groups excluding carboxylic acids is 1. The van der Waals surface area contributed by atoms with E-state index in [2.05, 4.69) is 35.5 Å². The first-order valence-electron chi connectivity index (χ1n) is 5.57. The molecule has 0 saturated carbocycles. The first-order chi connectivity index (χ1) is 8.72. The van der Waals surface area contributed by atoms with E-state index < -0.39 is 0 Å². The predicted molar refractivity (Wildman–Crippen MR) is 64.0 cm³/mol. The summed E-state index contributed by atoms with van der Waals surface area (Å²) in [5.74, 6) is 0.239. The number of rotatable bonds is 5. The van der Waals surface area contributed by atoms with Crippen molar-refractivity contribution in [3.05, 3.63) is 16.4 Å². The Bertz CT molecular complexity index is 509. The molecule has 96 valence electrons. The fourth-order valence-electron chi connectivity index (χ4n) is 1.46. The Hall–Kier alpha value is -1.90. The van der Waals surface area contributed by atoms with Crippen LogP contribution in [0.2, 0.25) is 0 Å². The van der Waals surface area contributed by atoms with Crippen molar-refractivity contribution in [2.45, 2.75) is 32.7 Å². The minimum absolute atomic E-state index is 0.203. The maximum atomic E-state index is 12.0. The smallest absolute Gasteiger partial charge is 0.265 e. The van der Waals surface area contributed by atoms with E-state index in [0.717, 1.165) is 30.1 Å². The highest BCUT2D eigenvalue weighted by Crippen LogP contribution is 2.14. The van der Waals surface area contributed by atoms with Crippen molar-refractivity contribution in [2.75, 3.05) is 0 Å². The van der Waals surface area contributed by atoms with Gasteiger partial charge < -0.3 is 5.32 Å². The minimum Gasteiger partial charge on any atom is -0.341 e. The Labute approximate surface area is 107 Å². The molecule has 2 heterocycles. The van der Waals surface area contributed by atoms with Crippen molar-refractivity contribution >= 4 is 17.4 Å². The van der Waals surface area contributed by atoms with Gasteiger partial charge in [-0.3, -0.25) is 4.79 Å². The number of H-pyrrole nitrogens is 1. The molecule has 0 aliphatic carbocycles. The van der Waals surface area contributed by atoms with Crippen LogP contribution in [0.15, 0.2) is 0 Å². The molecule has 2 rings (SSSR count). The summed E-state index contributed by atoms with van der Waals surface area (Å²) in [6.07, 6.45) is 1.67. The molecule has 0 saturated heterocycles. The topological polar surface area (TPSA) is 109 Å². The van der Waals surface area contributed by atoms with Gasteiger partial charge in [0.25, 0.3) is 5.91 Å². The third kappa shape index (κ3) is 2.67. The standard InChI is InChI=1S/C9H13N7OS/c1-3-4-6-7(18-16-11-6)9(17)10-5(2)8-12-14-15-13-8/h5H,3-4H2,1-2H3,(H,10,17)(H,12,13,14,15). The van der Waals surface area contributed by atoms with Crippen LogP contribution in [0.3, 0.4) is 0 Å². The molecule has 1 atom stereocenters. The second kappa shape index (κ2) is 5.63. The lowest BCUT2D eigenvalue weighted by Crippen LogP contribution is -2.27. The maximum absolute atomic E-state index is 12.0. The van der Waals surface area contributed by atoms with Gasteiger partial charge in [-0.25, -0.2) is 0 Å². The third-order valence-electron chi connectivity index (χ3n) is 2.35. The molecule has 8 nitrogen and oxygen atoms in total. The number of aromatic nitrogens is 6. The number of aromatic amines is 1. The molecule has 0 aromatic carbocycles. The molecule has 0 spiro atoms. The summed E-state index contributed by atoms with van der Waals surface area (Å²) in [5.41, 5.74) is 0.736. The fourth-order valence-corrected chi connectivity index (χ4v) is 2.07. The second-order valence-electron chi connectivity index (χ2n) is 3.76. The largest absolute Gasteiger partial charge is 0.341 e. The van der Waals surface area contributed by atoms with Gasteiger partial charge >= 0.3 is 0 Å². The molecule has 1 amide bonds. The van der Waals surface area contributed by atoms with Gasteiger partial charge in [0.15, 0.2) is 5.82 Å². The molecule has 1 unspecified atom stereocenters. The second-order valence-corrected chi connectivity index (χ2v) is 4.52. The van der Waals surface area contributed by atoms with Crippen molar-refractivity contribution < 1.29 is 4.79 Å².